The van der Waals surface area contributed by atoms with Gasteiger partial charge in [-0.1, -0.05) is 18.9 Å². The molecule has 2 aromatic heterocycles. The summed E-state index contributed by atoms with van der Waals surface area (Å²) < 4.78 is 0. The molecule has 0 bridgehead atoms. The minimum Gasteiger partial charge on any atom is -0.338 e. The maximum atomic E-state index is 12.6. The van der Waals surface area contributed by atoms with Crippen molar-refractivity contribution in [3.8, 4) is 11.3 Å². The van der Waals surface area contributed by atoms with Crippen molar-refractivity contribution in [2.24, 2.45) is 5.92 Å². The fourth-order valence-electron chi connectivity index (χ4n) is 4.12. The molecule has 1 amide bonds. The first kappa shape index (κ1) is 16.2. The molecule has 4 nitrogen and oxygen atoms in total. The monoisotopic (exact) mass is 335 g/mol. The number of fused-ring (bicyclic) bond motifs is 1. The van der Waals surface area contributed by atoms with E-state index in [0.717, 1.165) is 42.0 Å². The number of nitrogens with zero attached hydrogens (tertiary/aromatic N) is 3. The van der Waals surface area contributed by atoms with Crippen molar-refractivity contribution < 1.29 is 4.79 Å². The molecule has 0 spiro atoms. The molecule has 1 aliphatic heterocycles. The standard InChI is InChI=1S/C21H25N3O/c1-15-18(7-4-11-22-15)20-9-8-17-14-24(12-10-19(17)23-20)21(25)13-16-5-2-3-6-16/h4,7-9,11,16H,2-3,5-6,10,12-14H2,1H3. The first-order valence-corrected chi connectivity index (χ1v) is 9.39. The van der Waals surface area contributed by atoms with E-state index in [2.05, 4.69) is 23.2 Å². The summed E-state index contributed by atoms with van der Waals surface area (Å²) in [6, 6.07) is 8.22. The van der Waals surface area contributed by atoms with E-state index in [1.165, 1.54) is 31.2 Å². The molecule has 130 valence electrons. The Morgan fingerprint density at radius 2 is 2.08 bits per heavy atom. The molecule has 1 aliphatic carbocycles. The lowest BCUT2D eigenvalue weighted by Crippen LogP contribution is -2.37. The third kappa shape index (κ3) is 3.44. The van der Waals surface area contributed by atoms with Crippen LogP contribution in [0.5, 0.6) is 0 Å². The van der Waals surface area contributed by atoms with E-state index in [1.807, 2.05) is 24.1 Å². The van der Waals surface area contributed by atoms with Gasteiger partial charge in [0.05, 0.1) is 5.69 Å². The molecular weight excluding hydrogens is 310 g/mol. The Labute approximate surface area is 149 Å². The molecule has 3 heterocycles. The van der Waals surface area contributed by atoms with E-state index in [0.29, 0.717) is 18.4 Å². The first-order valence-electron chi connectivity index (χ1n) is 9.39. The van der Waals surface area contributed by atoms with Crippen LogP contribution in [-0.2, 0) is 17.8 Å². The highest BCUT2D eigenvalue weighted by molar-refractivity contribution is 5.77. The number of aromatic nitrogens is 2. The molecule has 0 radical (unpaired) electrons. The van der Waals surface area contributed by atoms with Gasteiger partial charge in [-0.3, -0.25) is 14.8 Å². The van der Waals surface area contributed by atoms with Crippen LogP contribution in [0.3, 0.4) is 0 Å². The van der Waals surface area contributed by atoms with Gasteiger partial charge >= 0.3 is 0 Å². The van der Waals surface area contributed by atoms with Crippen molar-refractivity contribution in [1.29, 1.82) is 0 Å². The van der Waals surface area contributed by atoms with Gasteiger partial charge in [-0.25, -0.2) is 0 Å². The molecule has 0 aromatic carbocycles. The van der Waals surface area contributed by atoms with E-state index < -0.39 is 0 Å². The van der Waals surface area contributed by atoms with Crippen molar-refractivity contribution in [2.75, 3.05) is 6.54 Å². The minimum atomic E-state index is 0.324. The Bertz CT molecular complexity index is 780. The van der Waals surface area contributed by atoms with E-state index in [1.54, 1.807) is 0 Å². The van der Waals surface area contributed by atoms with Gasteiger partial charge < -0.3 is 4.90 Å². The zero-order chi connectivity index (χ0) is 17.2. The molecule has 0 N–H and O–H groups in total. The van der Waals surface area contributed by atoms with Crippen molar-refractivity contribution in [3.05, 3.63) is 47.4 Å². The van der Waals surface area contributed by atoms with E-state index in [4.69, 9.17) is 4.98 Å². The zero-order valence-corrected chi connectivity index (χ0v) is 14.9. The minimum absolute atomic E-state index is 0.324. The molecule has 1 fully saturated rings. The van der Waals surface area contributed by atoms with Gasteiger partial charge in [0.15, 0.2) is 0 Å². The summed E-state index contributed by atoms with van der Waals surface area (Å²) in [4.78, 5) is 23.8. The number of rotatable bonds is 3. The van der Waals surface area contributed by atoms with Crippen LogP contribution in [0.1, 0.15) is 49.1 Å². The van der Waals surface area contributed by atoms with Crippen LogP contribution in [0.25, 0.3) is 11.3 Å². The Balaban J connectivity index is 1.49. The second kappa shape index (κ2) is 6.95. The summed E-state index contributed by atoms with van der Waals surface area (Å²) >= 11 is 0. The summed E-state index contributed by atoms with van der Waals surface area (Å²) in [6.45, 7) is 3.51. The van der Waals surface area contributed by atoms with Crippen molar-refractivity contribution in [2.45, 2.75) is 52.0 Å². The van der Waals surface area contributed by atoms with E-state index in [9.17, 15) is 4.79 Å². The Morgan fingerprint density at radius 1 is 1.24 bits per heavy atom. The van der Waals surface area contributed by atoms with E-state index in [-0.39, 0.29) is 0 Å². The zero-order valence-electron chi connectivity index (χ0n) is 14.9. The molecule has 2 aromatic rings. The van der Waals surface area contributed by atoms with Gasteiger partial charge in [0.2, 0.25) is 5.91 Å². The number of hydrogen-bond acceptors (Lipinski definition) is 3. The van der Waals surface area contributed by atoms with Gasteiger partial charge in [0.25, 0.3) is 0 Å². The van der Waals surface area contributed by atoms with Gasteiger partial charge in [-0.15, -0.1) is 0 Å². The fourth-order valence-corrected chi connectivity index (χ4v) is 4.12. The SMILES string of the molecule is Cc1ncccc1-c1ccc2c(n1)CCN(C(=O)CC1CCCC1)C2. The molecular formula is C21H25N3O. The summed E-state index contributed by atoms with van der Waals surface area (Å²) in [5.41, 5.74) is 5.39. The van der Waals surface area contributed by atoms with Gasteiger partial charge in [-0.2, -0.15) is 0 Å². The predicted octanol–water partition coefficient (Wildman–Crippen LogP) is 3.92. The van der Waals surface area contributed by atoms with Crippen molar-refractivity contribution in [3.63, 3.8) is 0 Å². The lowest BCUT2D eigenvalue weighted by Gasteiger charge is -2.29. The van der Waals surface area contributed by atoms with Crippen LogP contribution in [0.2, 0.25) is 0 Å². The van der Waals surface area contributed by atoms with Gasteiger partial charge in [0, 0.05) is 49.1 Å². The summed E-state index contributed by atoms with van der Waals surface area (Å²) in [5, 5.41) is 0. The second-order valence-corrected chi connectivity index (χ2v) is 7.36. The number of aryl methyl sites for hydroxylation is 1. The highest BCUT2D eigenvalue weighted by Crippen LogP contribution is 2.29. The molecule has 2 aliphatic rings. The maximum absolute atomic E-state index is 12.6. The molecule has 25 heavy (non-hydrogen) atoms. The quantitative estimate of drug-likeness (QED) is 0.854. The van der Waals surface area contributed by atoms with Crippen LogP contribution in [-0.4, -0.2) is 27.3 Å². The molecule has 1 saturated carbocycles. The summed E-state index contributed by atoms with van der Waals surface area (Å²) in [7, 11) is 0. The van der Waals surface area contributed by atoms with Crippen LogP contribution in [0.15, 0.2) is 30.5 Å². The Hall–Kier alpha value is -2.23. The molecule has 4 heteroatoms. The van der Waals surface area contributed by atoms with Crippen LogP contribution in [0, 0.1) is 12.8 Å². The second-order valence-electron chi connectivity index (χ2n) is 7.36. The smallest absolute Gasteiger partial charge is 0.223 e. The highest BCUT2D eigenvalue weighted by atomic mass is 16.2. The average molecular weight is 335 g/mol. The Morgan fingerprint density at radius 3 is 2.88 bits per heavy atom. The van der Waals surface area contributed by atoms with Crippen LogP contribution < -0.4 is 0 Å². The number of pyridine rings is 2. The van der Waals surface area contributed by atoms with Crippen molar-refractivity contribution in [1.82, 2.24) is 14.9 Å². The van der Waals surface area contributed by atoms with Crippen LogP contribution >= 0.6 is 0 Å². The third-order valence-corrected chi connectivity index (χ3v) is 5.62. The topological polar surface area (TPSA) is 46.1 Å². The predicted molar refractivity (Wildman–Crippen MR) is 97.9 cm³/mol. The number of carbonyl (C=O) groups is 1. The largest absolute Gasteiger partial charge is 0.338 e. The highest BCUT2D eigenvalue weighted by Gasteiger charge is 2.25. The van der Waals surface area contributed by atoms with Crippen molar-refractivity contribution >= 4 is 5.91 Å². The molecule has 4 rings (SSSR count). The number of amides is 1. The van der Waals surface area contributed by atoms with Gasteiger partial charge in [0.1, 0.15) is 0 Å². The summed E-state index contributed by atoms with van der Waals surface area (Å²) in [6.07, 6.45) is 8.43. The first-order chi connectivity index (χ1) is 12.2. The number of hydrogen-bond donors (Lipinski definition) is 0. The molecule has 0 unspecified atom stereocenters. The fraction of sp³-hybridized carbons (Fsp3) is 0.476. The van der Waals surface area contributed by atoms with Crippen LogP contribution in [0.4, 0.5) is 0 Å². The maximum Gasteiger partial charge on any atom is 0.223 e. The third-order valence-electron chi connectivity index (χ3n) is 5.62. The summed E-state index contributed by atoms with van der Waals surface area (Å²) in [5.74, 6) is 0.938. The lowest BCUT2D eigenvalue weighted by molar-refractivity contribution is -0.133. The van der Waals surface area contributed by atoms with Gasteiger partial charge in [-0.05, 0) is 49.4 Å². The normalized spacial score (nSPS) is 17.6. The average Bonchev–Trinajstić information content (AvgIpc) is 3.14. The number of carbonyl (C=O) groups excluding carboxylic acids is 1. The van der Waals surface area contributed by atoms with E-state index >= 15 is 0 Å². The molecule has 0 atom stereocenters. The molecule has 0 saturated heterocycles. The lowest BCUT2D eigenvalue weighted by atomic mass is 10.00. The Kier molecular flexibility index (Phi) is 4.51.